The van der Waals surface area contributed by atoms with Gasteiger partial charge in [0.05, 0.1) is 0 Å². The molecule has 0 rings (SSSR count). The number of unbranched alkanes of at least 4 members (excludes halogenated alkanes) is 15. The molecule has 1 unspecified atom stereocenters. The second-order valence-electron chi connectivity index (χ2n) is 20.6. The maximum absolute atomic E-state index is 12.9. The Morgan fingerprint density at radius 3 is 0.778 bits per heavy atom. The monoisotopic (exact) mass is 1110 g/mol. The number of ether oxygens (including phenoxy) is 3. The standard InChI is InChI=1S/C75H116O6/c1-4-7-10-13-16-19-21-23-25-27-29-31-33-35-37-39-41-43-45-47-49-51-53-56-59-62-65-68-74(77)80-71-72(70-79-73(76)67-64-61-58-55-18-15-12-9-6-3)81-75(78)69-66-63-60-57-54-52-50-48-46-44-42-40-38-36-34-32-30-28-26-24-22-20-17-14-11-8-5-2/h7-8,10-11,16-17,19-20,23-26,29-32,35-38,41-44,47-50,53,56,72H,4-6,9,12-15,18,21-22,27-28,33-34,39-40,45-46,51-52,54-55,57-71H2,1-3H3/b10-7-,11-8-,19-16-,20-17-,25-23-,26-24-,31-29-,32-30-,37-35-,38-36-,43-41-,44-42-,49-47-,50-48-,56-53-. The number of hydrogen-bond donors (Lipinski definition) is 0. The Hall–Kier alpha value is -5.49. The predicted octanol–water partition coefficient (Wildman–Crippen LogP) is 22.4. The van der Waals surface area contributed by atoms with E-state index in [1.807, 2.05) is 0 Å². The lowest BCUT2D eigenvalue weighted by molar-refractivity contribution is -0.167. The normalized spacial score (nSPS) is 13.4. The molecule has 0 N–H and O–H groups in total. The van der Waals surface area contributed by atoms with Crippen molar-refractivity contribution in [3.05, 3.63) is 182 Å². The summed E-state index contributed by atoms with van der Waals surface area (Å²) in [5, 5.41) is 0. The summed E-state index contributed by atoms with van der Waals surface area (Å²) in [6, 6.07) is 0. The Bertz CT molecular complexity index is 1900. The lowest BCUT2D eigenvalue weighted by atomic mass is 10.1. The van der Waals surface area contributed by atoms with Gasteiger partial charge in [0.2, 0.25) is 0 Å². The van der Waals surface area contributed by atoms with Gasteiger partial charge in [0.15, 0.2) is 6.10 Å². The van der Waals surface area contributed by atoms with E-state index in [-0.39, 0.29) is 44.0 Å². The fourth-order valence-electron chi connectivity index (χ4n) is 8.14. The van der Waals surface area contributed by atoms with Crippen LogP contribution in [0.3, 0.4) is 0 Å². The summed E-state index contributed by atoms with van der Waals surface area (Å²) in [5.74, 6) is -0.983. The molecule has 0 aromatic heterocycles. The summed E-state index contributed by atoms with van der Waals surface area (Å²) in [5.41, 5.74) is 0. The molecule has 0 amide bonds. The highest BCUT2D eigenvalue weighted by molar-refractivity contribution is 5.71. The first-order valence-corrected chi connectivity index (χ1v) is 32.3. The minimum absolute atomic E-state index is 0.108. The lowest BCUT2D eigenvalue weighted by Crippen LogP contribution is -2.30. The molecule has 0 aromatic rings. The molecule has 81 heavy (non-hydrogen) atoms. The van der Waals surface area contributed by atoms with Gasteiger partial charge in [-0.1, -0.05) is 274 Å². The average Bonchev–Trinajstić information content (AvgIpc) is 3.47. The molecule has 0 heterocycles. The molecule has 0 aromatic carbocycles. The summed E-state index contributed by atoms with van der Waals surface area (Å²) in [6.45, 7) is 6.32. The molecule has 0 saturated heterocycles. The first-order chi connectivity index (χ1) is 40.0. The van der Waals surface area contributed by atoms with E-state index < -0.39 is 6.10 Å². The van der Waals surface area contributed by atoms with Gasteiger partial charge in [0, 0.05) is 19.3 Å². The van der Waals surface area contributed by atoms with Crippen molar-refractivity contribution in [2.75, 3.05) is 13.2 Å². The second-order valence-corrected chi connectivity index (χ2v) is 20.6. The summed E-state index contributed by atoms with van der Waals surface area (Å²) in [4.78, 5) is 38.2. The van der Waals surface area contributed by atoms with E-state index in [1.54, 1.807) is 0 Å². The maximum atomic E-state index is 12.9. The highest BCUT2D eigenvalue weighted by Crippen LogP contribution is 2.13. The fourth-order valence-corrected chi connectivity index (χ4v) is 8.14. The molecule has 0 spiro atoms. The van der Waals surface area contributed by atoms with Gasteiger partial charge in [0.1, 0.15) is 13.2 Å². The van der Waals surface area contributed by atoms with Crippen molar-refractivity contribution in [3.8, 4) is 0 Å². The van der Waals surface area contributed by atoms with E-state index in [4.69, 9.17) is 14.2 Å². The molecular formula is C75H116O6. The quantitative estimate of drug-likeness (QED) is 0.0261. The minimum atomic E-state index is -0.816. The van der Waals surface area contributed by atoms with Gasteiger partial charge in [-0.05, 0) is 141 Å². The molecule has 0 aliphatic heterocycles. The van der Waals surface area contributed by atoms with Crippen molar-refractivity contribution in [2.24, 2.45) is 0 Å². The number of carbonyl (C=O) groups excluding carboxylic acids is 3. The Kier molecular flexibility index (Phi) is 62.5. The smallest absolute Gasteiger partial charge is 0.306 e. The van der Waals surface area contributed by atoms with Crippen molar-refractivity contribution in [3.63, 3.8) is 0 Å². The summed E-state index contributed by atoms with van der Waals surface area (Å²) >= 11 is 0. The summed E-state index contributed by atoms with van der Waals surface area (Å²) in [6.07, 6.45) is 100. The van der Waals surface area contributed by atoms with Crippen molar-refractivity contribution >= 4 is 17.9 Å². The van der Waals surface area contributed by atoms with E-state index >= 15 is 0 Å². The Balaban J connectivity index is 4.41. The highest BCUT2D eigenvalue weighted by Gasteiger charge is 2.19. The second kappa shape index (κ2) is 67.0. The first kappa shape index (κ1) is 75.5. The minimum Gasteiger partial charge on any atom is -0.462 e. The van der Waals surface area contributed by atoms with Crippen LogP contribution in [0, 0.1) is 0 Å². The number of carbonyl (C=O) groups is 3. The van der Waals surface area contributed by atoms with Crippen LogP contribution in [-0.4, -0.2) is 37.2 Å². The van der Waals surface area contributed by atoms with Crippen molar-refractivity contribution in [2.45, 2.75) is 258 Å². The molecule has 6 nitrogen and oxygen atoms in total. The molecule has 0 aliphatic rings. The predicted molar refractivity (Wildman–Crippen MR) is 352 cm³/mol. The molecular weight excluding hydrogens is 997 g/mol. The topological polar surface area (TPSA) is 78.9 Å². The van der Waals surface area contributed by atoms with Crippen LogP contribution in [0.25, 0.3) is 0 Å². The van der Waals surface area contributed by atoms with Gasteiger partial charge in [0.25, 0.3) is 0 Å². The van der Waals surface area contributed by atoms with E-state index in [9.17, 15) is 14.4 Å². The largest absolute Gasteiger partial charge is 0.462 e. The third kappa shape index (κ3) is 65.2. The molecule has 0 bridgehead atoms. The Morgan fingerprint density at radius 2 is 0.481 bits per heavy atom. The van der Waals surface area contributed by atoms with Crippen LogP contribution in [0.5, 0.6) is 0 Å². The molecule has 0 fully saturated rings. The highest BCUT2D eigenvalue weighted by atomic mass is 16.6. The zero-order chi connectivity index (χ0) is 58.5. The third-order valence-electron chi connectivity index (χ3n) is 12.9. The Labute approximate surface area is 497 Å². The molecule has 0 saturated carbocycles. The van der Waals surface area contributed by atoms with Crippen molar-refractivity contribution < 1.29 is 28.6 Å². The van der Waals surface area contributed by atoms with Gasteiger partial charge >= 0.3 is 17.9 Å². The molecule has 1 atom stereocenters. The van der Waals surface area contributed by atoms with E-state index in [0.29, 0.717) is 12.8 Å². The van der Waals surface area contributed by atoms with Crippen LogP contribution in [0.2, 0.25) is 0 Å². The van der Waals surface area contributed by atoms with Crippen LogP contribution in [0.15, 0.2) is 182 Å². The zero-order valence-electron chi connectivity index (χ0n) is 51.7. The number of esters is 3. The van der Waals surface area contributed by atoms with Crippen LogP contribution >= 0.6 is 0 Å². The number of allylic oxidation sites excluding steroid dienone is 30. The lowest BCUT2D eigenvalue weighted by Gasteiger charge is -2.18. The Morgan fingerprint density at radius 1 is 0.259 bits per heavy atom. The third-order valence-corrected chi connectivity index (χ3v) is 12.9. The van der Waals surface area contributed by atoms with Gasteiger partial charge in [-0.2, -0.15) is 0 Å². The van der Waals surface area contributed by atoms with Crippen LogP contribution < -0.4 is 0 Å². The van der Waals surface area contributed by atoms with Crippen molar-refractivity contribution in [1.29, 1.82) is 0 Å². The summed E-state index contributed by atoms with van der Waals surface area (Å²) < 4.78 is 16.8. The number of rotatable bonds is 56. The van der Waals surface area contributed by atoms with Gasteiger partial charge in [-0.3, -0.25) is 14.4 Å². The van der Waals surface area contributed by atoms with Gasteiger partial charge < -0.3 is 14.2 Å². The van der Waals surface area contributed by atoms with Gasteiger partial charge in [-0.15, -0.1) is 0 Å². The molecule has 0 aliphatic carbocycles. The van der Waals surface area contributed by atoms with E-state index in [2.05, 4.69) is 203 Å². The SMILES string of the molecule is CC/C=C\C/C=C\C/C=C\C/C=C\C/C=C\C/C=C\C/C=C\C/C=C\CCCCC(=O)OCC(COC(=O)CCCCCCCCCCC)OC(=O)CCCCCCC/C=C\C/C=C\C/C=C\C/C=C\C/C=C\C/C=C\C/C=C\CC. The van der Waals surface area contributed by atoms with E-state index in [0.717, 1.165) is 167 Å². The van der Waals surface area contributed by atoms with Crippen LogP contribution in [-0.2, 0) is 28.6 Å². The van der Waals surface area contributed by atoms with E-state index in [1.165, 1.54) is 38.5 Å². The maximum Gasteiger partial charge on any atom is 0.306 e. The average molecular weight is 1110 g/mol. The molecule has 0 radical (unpaired) electrons. The van der Waals surface area contributed by atoms with Gasteiger partial charge in [-0.25, -0.2) is 0 Å². The fraction of sp³-hybridized carbons (Fsp3) is 0.560. The van der Waals surface area contributed by atoms with Crippen LogP contribution in [0.1, 0.15) is 252 Å². The summed E-state index contributed by atoms with van der Waals surface area (Å²) in [7, 11) is 0. The van der Waals surface area contributed by atoms with Crippen LogP contribution in [0.4, 0.5) is 0 Å². The zero-order valence-corrected chi connectivity index (χ0v) is 51.7. The molecule has 452 valence electrons. The number of hydrogen-bond acceptors (Lipinski definition) is 6. The first-order valence-electron chi connectivity index (χ1n) is 32.3. The molecule has 6 heteroatoms. The van der Waals surface area contributed by atoms with Crippen molar-refractivity contribution in [1.82, 2.24) is 0 Å².